The van der Waals surface area contributed by atoms with E-state index in [1.54, 1.807) is 24.6 Å². The van der Waals surface area contributed by atoms with Crippen molar-refractivity contribution in [2.24, 2.45) is 5.41 Å². The van der Waals surface area contributed by atoms with E-state index in [0.29, 0.717) is 5.02 Å². The molecule has 1 fully saturated rings. The largest absolute Gasteiger partial charge is 0.497 e. The minimum atomic E-state index is -0.449. The molecule has 33 heavy (non-hydrogen) atoms. The second kappa shape index (κ2) is 11.1. The zero-order valence-corrected chi connectivity index (χ0v) is 21.4. The van der Waals surface area contributed by atoms with Gasteiger partial charge in [-0.3, -0.25) is 9.78 Å². The molecule has 1 aliphatic rings. The lowest BCUT2D eigenvalue weighted by Gasteiger charge is -2.27. The molecular formula is C25H29ClN2O3S2. The summed E-state index contributed by atoms with van der Waals surface area (Å²) in [5.74, 6) is 1.71. The maximum Gasteiger partial charge on any atom is 0.313 e. The molecule has 3 aromatic rings. The molecule has 1 aromatic carbocycles. The fourth-order valence-corrected chi connectivity index (χ4v) is 6.75. The quantitative estimate of drug-likeness (QED) is 0.251. The molecule has 0 saturated carbocycles. The Morgan fingerprint density at radius 2 is 2.21 bits per heavy atom. The van der Waals surface area contributed by atoms with Gasteiger partial charge >= 0.3 is 5.97 Å². The van der Waals surface area contributed by atoms with Gasteiger partial charge < -0.3 is 14.4 Å². The summed E-state index contributed by atoms with van der Waals surface area (Å²) in [5.41, 5.74) is 1.51. The molecule has 1 aliphatic heterocycles. The van der Waals surface area contributed by atoms with Crippen molar-refractivity contribution >= 4 is 51.6 Å². The number of aryl methyl sites for hydroxylation is 1. The fourth-order valence-electron chi connectivity index (χ4n) is 4.65. The van der Waals surface area contributed by atoms with E-state index in [-0.39, 0.29) is 5.97 Å². The van der Waals surface area contributed by atoms with Crippen LogP contribution in [0.3, 0.4) is 0 Å². The van der Waals surface area contributed by atoms with Crippen LogP contribution in [0.2, 0.25) is 5.02 Å². The Bertz CT molecular complexity index is 1090. The van der Waals surface area contributed by atoms with Gasteiger partial charge in [-0.1, -0.05) is 17.7 Å². The van der Waals surface area contributed by atoms with Crippen molar-refractivity contribution in [3.63, 3.8) is 0 Å². The van der Waals surface area contributed by atoms with E-state index in [0.717, 1.165) is 73.3 Å². The summed E-state index contributed by atoms with van der Waals surface area (Å²) < 4.78 is 12.0. The highest BCUT2D eigenvalue weighted by molar-refractivity contribution is 8.01. The molecule has 0 radical (unpaired) electrons. The van der Waals surface area contributed by atoms with Crippen LogP contribution in [0, 0.1) is 5.41 Å². The Labute approximate surface area is 208 Å². The number of aromatic nitrogens is 1. The summed E-state index contributed by atoms with van der Waals surface area (Å²) >= 11 is 10.2. The average molecular weight is 505 g/mol. The second-order valence-electron chi connectivity index (χ2n) is 8.40. The number of thiophene rings is 1. The molecule has 0 amide bonds. The number of nitrogens with zero attached hydrogens (tertiary/aromatic N) is 2. The summed E-state index contributed by atoms with van der Waals surface area (Å²) in [6, 6.07) is 10.1. The third-order valence-electron chi connectivity index (χ3n) is 6.41. The van der Waals surface area contributed by atoms with Crippen molar-refractivity contribution in [1.29, 1.82) is 0 Å². The molecule has 3 heterocycles. The lowest BCUT2D eigenvalue weighted by molar-refractivity contribution is -0.152. The number of rotatable bonds is 10. The van der Waals surface area contributed by atoms with E-state index in [4.69, 9.17) is 21.1 Å². The number of carbonyl (C=O) groups is 1. The minimum Gasteiger partial charge on any atom is -0.497 e. The Morgan fingerprint density at radius 1 is 1.33 bits per heavy atom. The number of fused-ring (bicyclic) bond motifs is 1. The van der Waals surface area contributed by atoms with E-state index < -0.39 is 5.41 Å². The summed E-state index contributed by atoms with van der Waals surface area (Å²) in [4.78, 5) is 19.7. The highest BCUT2D eigenvalue weighted by Gasteiger charge is 2.44. The molecular weight excluding hydrogens is 476 g/mol. The van der Waals surface area contributed by atoms with Crippen LogP contribution in [0.25, 0.3) is 10.9 Å². The third kappa shape index (κ3) is 5.65. The number of benzene rings is 1. The van der Waals surface area contributed by atoms with E-state index in [2.05, 4.69) is 27.4 Å². The fraction of sp³-hybridized carbons (Fsp3) is 0.440. The van der Waals surface area contributed by atoms with Crippen molar-refractivity contribution in [2.45, 2.75) is 29.9 Å². The number of methoxy groups -OCH3 is 2. The number of hydrogen-bond donors (Lipinski definition) is 0. The van der Waals surface area contributed by atoms with Gasteiger partial charge in [0.05, 0.1) is 34.4 Å². The topological polar surface area (TPSA) is 51.7 Å². The van der Waals surface area contributed by atoms with Crippen molar-refractivity contribution in [1.82, 2.24) is 9.88 Å². The van der Waals surface area contributed by atoms with Crippen LogP contribution < -0.4 is 4.74 Å². The first kappa shape index (κ1) is 24.3. The lowest BCUT2D eigenvalue weighted by Crippen LogP contribution is -2.36. The van der Waals surface area contributed by atoms with Gasteiger partial charge in [0.15, 0.2) is 0 Å². The van der Waals surface area contributed by atoms with Crippen LogP contribution in [0.4, 0.5) is 0 Å². The van der Waals surface area contributed by atoms with Gasteiger partial charge in [0.2, 0.25) is 0 Å². The normalized spacial score (nSPS) is 18.6. The van der Waals surface area contributed by atoms with Crippen molar-refractivity contribution in [2.75, 3.05) is 39.6 Å². The molecule has 0 N–H and O–H groups in total. The number of hydrogen-bond acceptors (Lipinski definition) is 7. The van der Waals surface area contributed by atoms with E-state index in [9.17, 15) is 4.79 Å². The minimum absolute atomic E-state index is 0.0942. The molecule has 1 unspecified atom stereocenters. The van der Waals surface area contributed by atoms with Crippen molar-refractivity contribution in [3.8, 4) is 5.75 Å². The first-order valence-corrected chi connectivity index (χ1v) is 13.4. The Balaban J connectivity index is 1.41. The van der Waals surface area contributed by atoms with Crippen LogP contribution >= 0.6 is 34.7 Å². The summed E-state index contributed by atoms with van der Waals surface area (Å²) in [7, 11) is 3.16. The molecule has 0 spiro atoms. The number of carbonyl (C=O) groups excluding carboxylic acids is 1. The number of halogens is 1. The highest BCUT2D eigenvalue weighted by Crippen LogP contribution is 2.38. The molecule has 8 heteroatoms. The van der Waals surface area contributed by atoms with Crippen LogP contribution in [-0.2, 0) is 16.0 Å². The van der Waals surface area contributed by atoms with Crippen LogP contribution in [0.5, 0.6) is 5.75 Å². The Hall–Kier alpha value is -1.80. The molecule has 1 atom stereocenters. The van der Waals surface area contributed by atoms with E-state index in [1.165, 1.54) is 11.3 Å². The molecule has 176 valence electrons. The highest BCUT2D eigenvalue weighted by atomic mass is 35.5. The second-order valence-corrected chi connectivity index (χ2v) is 11.1. The van der Waals surface area contributed by atoms with Gasteiger partial charge in [-0.25, -0.2) is 0 Å². The number of likely N-dealkylation sites (tertiary alicyclic amines) is 1. The van der Waals surface area contributed by atoms with Gasteiger partial charge in [-0.2, -0.15) is 0 Å². The van der Waals surface area contributed by atoms with Crippen molar-refractivity contribution < 1.29 is 14.3 Å². The molecule has 1 saturated heterocycles. The number of esters is 1. The van der Waals surface area contributed by atoms with Gasteiger partial charge in [0.1, 0.15) is 5.75 Å². The maximum absolute atomic E-state index is 12.8. The summed E-state index contributed by atoms with van der Waals surface area (Å²) in [6.07, 6.45) is 4.95. The number of thioether (sulfide) groups is 1. The first-order chi connectivity index (χ1) is 16.0. The van der Waals surface area contributed by atoms with Crippen LogP contribution in [0.15, 0.2) is 46.1 Å². The SMILES string of the molecule is COC(=O)C1(CCCc2c(Cl)cnc3ccc(OC)cc23)CCN(CCSc2cccs2)C1. The molecule has 0 bridgehead atoms. The standard InChI is InChI=1S/C25H29ClN2O3S2/c1-30-18-7-8-22-20(15-18)19(21(26)16-27-22)5-3-9-25(24(29)31-2)10-11-28(17-25)12-14-33-23-6-4-13-32-23/h4,6-8,13,15-16H,3,5,9-12,14,17H2,1-2H3. The van der Waals surface area contributed by atoms with Gasteiger partial charge in [0, 0.05) is 30.4 Å². The predicted molar refractivity (Wildman–Crippen MR) is 137 cm³/mol. The van der Waals surface area contributed by atoms with Crippen LogP contribution in [-0.4, -0.2) is 55.5 Å². The number of pyridine rings is 1. The van der Waals surface area contributed by atoms with Gasteiger partial charge in [-0.05, 0) is 67.4 Å². The summed E-state index contributed by atoms with van der Waals surface area (Å²) in [6.45, 7) is 2.65. The lowest BCUT2D eigenvalue weighted by atomic mass is 9.81. The Morgan fingerprint density at radius 3 is 2.97 bits per heavy atom. The monoisotopic (exact) mass is 504 g/mol. The van der Waals surface area contributed by atoms with Crippen LogP contribution in [0.1, 0.15) is 24.8 Å². The Kier molecular flexibility index (Phi) is 8.17. The van der Waals surface area contributed by atoms with E-state index >= 15 is 0 Å². The van der Waals surface area contributed by atoms with Gasteiger partial charge in [0.25, 0.3) is 0 Å². The zero-order chi connectivity index (χ0) is 23.3. The molecule has 5 nitrogen and oxygen atoms in total. The maximum atomic E-state index is 12.8. The van der Waals surface area contributed by atoms with Crippen molar-refractivity contribution in [3.05, 3.63) is 52.5 Å². The van der Waals surface area contributed by atoms with Gasteiger partial charge in [-0.15, -0.1) is 23.1 Å². The zero-order valence-electron chi connectivity index (χ0n) is 19.0. The predicted octanol–water partition coefficient (Wildman–Crippen LogP) is 5.94. The molecule has 2 aromatic heterocycles. The first-order valence-electron chi connectivity index (χ1n) is 11.1. The number of ether oxygens (including phenoxy) is 2. The smallest absolute Gasteiger partial charge is 0.313 e. The molecule has 0 aliphatic carbocycles. The van der Waals surface area contributed by atoms with E-state index in [1.807, 2.05) is 30.0 Å². The third-order valence-corrected chi connectivity index (χ3v) is 8.85. The summed E-state index contributed by atoms with van der Waals surface area (Å²) in [5, 5.41) is 3.77. The average Bonchev–Trinajstić information content (AvgIpc) is 3.50. The molecule has 4 rings (SSSR count).